The third kappa shape index (κ3) is 2.20. The van der Waals surface area contributed by atoms with E-state index in [4.69, 9.17) is 0 Å². The minimum atomic E-state index is -0.295. The molecule has 2 aromatic rings. The number of hydrogen-bond acceptors (Lipinski definition) is 3. The summed E-state index contributed by atoms with van der Waals surface area (Å²) in [7, 11) is 0. The highest BCUT2D eigenvalue weighted by Gasteiger charge is 2.15. The molecule has 82 valence electrons. The van der Waals surface area contributed by atoms with E-state index in [1.54, 1.807) is 12.1 Å². The number of Topliss-reactive ketones (excluding diaryl/α,β-unsaturated/α-hetero) is 1. The summed E-state index contributed by atoms with van der Waals surface area (Å²) >= 11 is 4.61. The van der Waals surface area contributed by atoms with Gasteiger partial charge in [0.05, 0.1) is 4.88 Å². The molecule has 0 saturated heterocycles. The van der Waals surface area contributed by atoms with Gasteiger partial charge in [-0.05, 0) is 33.6 Å². The maximum absolute atomic E-state index is 12.8. The van der Waals surface area contributed by atoms with Gasteiger partial charge in [-0.1, -0.05) is 12.1 Å². The van der Waals surface area contributed by atoms with Crippen molar-refractivity contribution in [3.8, 4) is 10.4 Å². The van der Waals surface area contributed by atoms with Crippen LogP contribution in [0.15, 0.2) is 28.2 Å². The first-order chi connectivity index (χ1) is 7.58. The Morgan fingerprint density at radius 1 is 1.38 bits per heavy atom. The van der Waals surface area contributed by atoms with E-state index in [0.29, 0.717) is 9.61 Å². The number of rotatable bonds is 2. The molecule has 0 aliphatic rings. The SMILES string of the molecule is CC(=O)c1nc(Br)sc1-c1ccc(F)cc1. The van der Waals surface area contributed by atoms with Crippen LogP contribution >= 0.6 is 27.3 Å². The molecule has 0 N–H and O–H groups in total. The fourth-order valence-electron chi connectivity index (χ4n) is 1.33. The Kier molecular flexibility index (Phi) is 3.16. The topological polar surface area (TPSA) is 30.0 Å². The third-order valence-corrected chi connectivity index (χ3v) is 3.60. The Hall–Kier alpha value is -1.07. The lowest BCUT2D eigenvalue weighted by atomic mass is 10.1. The monoisotopic (exact) mass is 299 g/mol. The molecule has 1 heterocycles. The second-order valence-electron chi connectivity index (χ2n) is 3.21. The van der Waals surface area contributed by atoms with E-state index in [0.717, 1.165) is 10.4 Å². The van der Waals surface area contributed by atoms with Crippen molar-refractivity contribution < 1.29 is 9.18 Å². The average molecular weight is 300 g/mol. The van der Waals surface area contributed by atoms with Crippen LogP contribution in [0.3, 0.4) is 0 Å². The Balaban J connectivity index is 2.55. The van der Waals surface area contributed by atoms with Gasteiger partial charge in [-0.3, -0.25) is 4.79 Å². The Morgan fingerprint density at radius 3 is 2.56 bits per heavy atom. The number of benzene rings is 1. The Morgan fingerprint density at radius 2 is 2.00 bits per heavy atom. The quantitative estimate of drug-likeness (QED) is 0.787. The number of carbonyl (C=O) groups is 1. The number of nitrogens with zero attached hydrogens (tertiary/aromatic N) is 1. The van der Waals surface area contributed by atoms with E-state index < -0.39 is 0 Å². The predicted molar refractivity (Wildman–Crippen MR) is 65.2 cm³/mol. The van der Waals surface area contributed by atoms with Crippen LogP contribution in [0.5, 0.6) is 0 Å². The number of aromatic nitrogens is 1. The zero-order chi connectivity index (χ0) is 11.7. The number of halogens is 2. The number of ketones is 1. The highest BCUT2D eigenvalue weighted by Crippen LogP contribution is 2.33. The van der Waals surface area contributed by atoms with Crippen LogP contribution in [0.1, 0.15) is 17.4 Å². The molecule has 2 rings (SSSR count). The molecule has 0 saturated carbocycles. The van der Waals surface area contributed by atoms with E-state index >= 15 is 0 Å². The lowest BCUT2D eigenvalue weighted by molar-refractivity contribution is 0.101. The molecule has 16 heavy (non-hydrogen) atoms. The molecule has 0 radical (unpaired) electrons. The van der Waals surface area contributed by atoms with Gasteiger partial charge in [0.25, 0.3) is 0 Å². The van der Waals surface area contributed by atoms with E-state index in [-0.39, 0.29) is 11.6 Å². The molecule has 5 heteroatoms. The van der Waals surface area contributed by atoms with Gasteiger partial charge >= 0.3 is 0 Å². The summed E-state index contributed by atoms with van der Waals surface area (Å²) in [4.78, 5) is 16.2. The molecule has 0 amide bonds. The summed E-state index contributed by atoms with van der Waals surface area (Å²) in [6.07, 6.45) is 0. The zero-order valence-corrected chi connectivity index (χ0v) is 10.7. The molecule has 0 aliphatic heterocycles. The molecule has 0 aliphatic carbocycles. The second-order valence-corrected chi connectivity index (χ2v) is 5.48. The Labute approximate surface area is 104 Å². The molecule has 0 spiro atoms. The molecule has 1 aromatic carbocycles. The largest absolute Gasteiger partial charge is 0.293 e. The first-order valence-electron chi connectivity index (χ1n) is 4.51. The highest BCUT2D eigenvalue weighted by atomic mass is 79.9. The number of carbonyl (C=O) groups excluding carboxylic acids is 1. The van der Waals surface area contributed by atoms with E-state index in [1.807, 2.05) is 0 Å². The van der Waals surface area contributed by atoms with Crippen LogP contribution in [0.25, 0.3) is 10.4 Å². The van der Waals surface area contributed by atoms with E-state index in [2.05, 4.69) is 20.9 Å². The van der Waals surface area contributed by atoms with Crippen molar-refractivity contribution in [2.45, 2.75) is 6.92 Å². The standard InChI is InChI=1S/C11H7BrFNOS/c1-6(15)9-10(16-11(12)14-9)7-2-4-8(13)5-3-7/h2-5H,1H3. The zero-order valence-electron chi connectivity index (χ0n) is 8.33. The fourth-order valence-corrected chi connectivity index (χ4v) is 2.84. The average Bonchev–Trinajstić information content (AvgIpc) is 2.61. The van der Waals surface area contributed by atoms with Crippen molar-refractivity contribution in [2.24, 2.45) is 0 Å². The van der Waals surface area contributed by atoms with Gasteiger partial charge in [-0.15, -0.1) is 11.3 Å². The molecule has 0 atom stereocenters. The number of thiazole rings is 1. The Bertz CT molecular complexity index is 535. The maximum Gasteiger partial charge on any atom is 0.179 e. The minimum Gasteiger partial charge on any atom is -0.293 e. The smallest absolute Gasteiger partial charge is 0.179 e. The molecular formula is C11H7BrFNOS. The normalized spacial score (nSPS) is 10.4. The van der Waals surface area contributed by atoms with Crippen LogP contribution in [0, 0.1) is 5.82 Å². The van der Waals surface area contributed by atoms with Crippen molar-refractivity contribution >= 4 is 33.0 Å². The molecule has 0 bridgehead atoms. The second kappa shape index (κ2) is 4.43. The first-order valence-corrected chi connectivity index (χ1v) is 6.12. The van der Waals surface area contributed by atoms with Crippen LogP contribution in [0.2, 0.25) is 0 Å². The van der Waals surface area contributed by atoms with Gasteiger partial charge < -0.3 is 0 Å². The summed E-state index contributed by atoms with van der Waals surface area (Å²) in [5.41, 5.74) is 1.22. The van der Waals surface area contributed by atoms with Crippen LogP contribution < -0.4 is 0 Å². The summed E-state index contributed by atoms with van der Waals surface area (Å²) in [6.45, 7) is 1.47. The van der Waals surface area contributed by atoms with Crippen LogP contribution in [-0.4, -0.2) is 10.8 Å². The van der Waals surface area contributed by atoms with E-state index in [9.17, 15) is 9.18 Å². The molecule has 2 nitrogen and oxygen atoms in total. The molecule has 1 aromatic heterocycles. The van der Waals surface area contributed by atoms with Gasteiger partial charge in [0.15, 0.2) is 9.70 Å². The summed E-state index contributed by atoms with van der Waals surface area (Å²) in [5, 5.41) is 0. The molecule has 0 fully saturated rings. The lowest BCUT2D eigenvalue weighted by Crippen LogP contribution is -1.94. The van der Waals surface area contributed by atoms with Crippen molar-refractivity contribution in [3.05, 3.63) is 39.7 Å². The molecular weight excluding hydrogens is 293 g/mol. The van der Waals surface area contributed by atoms with Crippen LogP contribution in [-0.2, 0) is 0 Å². The summed E-state index contributed by atoms with van der Waals surface area (Å²) in [6, 6.07) is 6.02. The van der Waals surface area contributed by atoms with Gasteiger partial charge in [0.2, 0.25) is 0 Å². The van der Waals surface area contributed by atoms with Crippen molar-refractivity contribution in [1.82, 2.24) is 4.98 Å². The van der Waals surface area contributed by atoms with E-state index in [1.165, 1.54) is 30.4 Å². The molecule has 0 unspecified atom stereocenters. The summed E-state index contributed by atoms with van der Waals surface area (Å²) < 4.78 is 13.4. The minimum absolute atomic E-state index is 0.0960. The highest BCUT2D eigenvalue weighted by molar-refractivity contribution is 9.11. The van der Waals surface area contributed by atoms with Gasteiger partial charge in [0, 0.05) is 6.92 Å². The third-order valence-electron chi connectivity index (χ3n) is 2.04. The van der Waals surface area contributed by atoms with Crippen molar-refractivity contribution in [1.29, 1.82) is 0 Å². The van der Waals surface area contributed by atoms with Crippen LogP contribution in [0.4, 0.5) is 4.39 Å². The lowest BCUT2D eigenvalue weighted by Gasteiger charge is -1.98. The number of hydrogen-bond donors (Lipinski definition) is 0. The first kappa shape index (κ1) is 11.4. The van der Waals surface area contributed by atoms with Crippen molar-refractivity contribution in [2.75, 3.05) is 0 Å². The summed E-state index contributed by atoms with van der Waals surface area (Å²) in [5.74, 6) is -0.391. The van der Waals surface area contributed by atoms with Crippen molar-refractivity contribution in [3.63, 3.8) is 0 Å². The van der Waals surface area contributed by atoms with Gasteiger partial charge in [-0.2, -0.15) is 0 Å². The van der Waals surface area contributed by atoms with Gasteiger partial charge in [0.1, 0.15) is 11.5 Å². The van der Waals surface area contributed by atoms with Gasteiger partial charge in [-0.25, -0.2) is 9.37 Å². The fraction of sp³-hybridized carbons (Fsp3) is 0.0909. The predicted octanol–water partition coefficient (Wildman–Crippen LogP) is 3.91. The maximum atomic E-state index is 12.8.